The van der Waals surface area contributed by atoms with E-state index in [1.165, 1.54) is 11.8 Å². The Morgan fingerprint density at radius 3 is 2.83 bits per heavy atom. The van der Waals surface area contributed by atoms with E-state index in [9.17, 15) is 4.79 Å². The van der Waals surface area contributed by atoms with Gasteiger partial charge in [-0.15, -0.1) is 11.8 Å². The zero-order chi connectivity index (χ0) is 16.8. The zero-order valence-corrected chi connectivity index (χ0v) is 14.3. The average molecular weight is 363 g/mol. The minimum Gasteiger partial charge on any atom is -0.454 e. The molecule has 2 aromatic rings. The molecule has 0 radical (unpaired) electrons. The van der Waals surface area contributed by atoms with E-state index in [0.717, 1.165) is 22.6 Å². The summed E-state index contributed by atoms with van der Waals surface area (Å²) in [6.07, 6.45) is 1.57. The number of thioether (sulfide) groups is 1. The smallest absolute Gasteiger partial charge is 0.250 e. The normalized spacial score (nSPS) is 12.5. The molecular weight excluding hydrogens is 348 g/mol. The van der Waals surface area contributed by atoms with E-state index >= 15 is 0 Å². The Hall–Kier alpha value is -2.18. The van der Waals surface area contributed by atoms with Gasteiger partial charge in [-0.2, -0.15) is 5.10 Å². The van der Waals surface area contributed by atoms with Gasteiger partial charge in [-0.25, -0.2) is 5.43 Å². The number of amides is 1. The van der Waals surface area contributed by atoms with E-state index in [0.29, 0.717) is 16.5 Å². The maximum atomic E-state index is 11.8. The van der Waals surface area contributed by atoms with Gasteiger partial charge in [0.1, 0.15) is 0 Å². The van der Waals surface area contributed by atoms with Crippen molar-refractivity contribution >= 4 is 35.5 Å². The van der Waals surface area contributed by atoms with Crippen LogP contribution in [0, 0.1) is 0 Å². The summed E-state index contributed by atoms with van der Waals surface area (Å²) in [5.41, 5.74) is 4.46. The van der Waals surface area contributed by atoms with Crippen LogP contribution in [0.1, 0.15) is 11.1 Å². The fraction of sp³-hybridized carbons (Fsp3) is 0.176. The van der Waals surface area contributed by atoms with E-state index in [1.807, 2.05) is 42.5 Å². The lowest BCUT2D eigenvalue weighted by Gasteiger charge is -2.02. The topological polar surface area (TPSA) is 59.9 Å². The van der Waals surface area contributed by atoms with Gasteiger partial charge in [0.15, 0.2) is 11.5 Å². The summed E-state index contributed by atoms with van der Waals surface area (Å²) < 4.78 is 10.5. The first-order chi connectivity index (χ1) is 11.7. The molecule has 3 rings (SSSR count). The molecule has 0 saturated carbocycles. The summed E-state index contributed by atoms with van der Waals surface area (Å²) in [6.45, 7) is 0.234. The van der Waals surface area contributed by atoms with E-state index in [-0.39, 0.29) is 12.7 Å². The maximum absolute atomic E-state index is 11.8. The molecule has 1 N–H and O–H groups in total. The number of carbonyl (C=O) groups is 1. The van der Waals surface area contributed by atoms with Crippen LogP contribution < -0.4 is 14.9 Å². The lowest BCUT2D eigenvalue weighted by Crippen LogP contribution is -2.19. The highest BCUT2D eigenvalue weighted by atomic mass is 35.5. The zero-order valence-electron chi connectivity index (χ0n) is 12.7. The lowest BCUT2D eigenvalue weighted by molar-refractivity contribution is -0.118. The van der Waals surface area contributed by atoms with Gasteiger partial charge in [-0.3, -0.25) is 4.79 Å². The third kappa shape index (κ3) is 4.66. The van der Waals surface area contributed by atoms with E-state index in [4.69, 9.17) is 21.1 Å². The predicted molar refractivity (Wildman–Crippen MR) is 95.9 cm³/mol. The quantitative estimate of drug-likeness (QED) is 0.631. The van der Waals surface area contributed by atoms with Crippen LogP contribution in [-0.4, -0.2) is 24.7 Å². The Balaban J connectivity index is 1.41. The molecule has 0 unspecified atom stereocenters. The average Bonchev–Trinajstić information content (AvgIpc) is 3.04. The van der Waals surface area contributed by atoms with E-state index in [2.05, 4.69) is 10.5 Å². The number of hydrogen-bond donors (Lipinski definition) is 1. The number of rotatable bonds is 6. The van der Waals surface area contributed by atoms with Gasteiger partial charge in [-0.05, 0) is 41.5 Å². The Morgan fingerprint density at radius 1 is 1.21 bits per heavy atom. The molecule has 1 heterocycles. The predicted octanol–water partition coefficient (Wildman–Crippen LogP) is 3.45. The number of hydrogen-bond acceptors (Lipinski definition) is 5. The second-order valence-electron chi connectivity index (χ2n) is 5.03. The number of hydrazone groups is 1. The minimum atomic E-state index is -0.147. The molecule has 2 aromatic carbocycles. The number of nitrogens with zero attached hydrogens (tertiary/aromatic N) is 1. The van der Waals surface area contributed by atoms with Gasteiger partial charge in [0.25, 0.3) is 0 Å². The summed E-state index contributed by atoms with van der Waals surface area (Å²) in [4.78, 5) is 11.8. The molecule has 1 aliphatic heterocycles. The van der Waals surface area contributed by atoms with Gasteiger partial charge in [0, 0.05) is 10.8 Å². The number of ether oxygens (including phenoxy) is 2. The van der Waals surface area contributed by atoms with Crippen molar-refractivity contribution in [2.45, 2.75) is 5.75 Å². The molecule has 0 atom stereocenters. The molecule has 24 heavy (non-hydrogen) atoms. The van der Waals surface area contributed by atoms with Crippen LogP contribution >= 0.6 is 23.4 Å². The summed E-state index contributed by atoms with van der Waals surface area (Å²) in [6, 6.07) is 13.1. The van der Waals surface area contributed by atoms with Crippen LogP contribution in [0.2, 0.25) is 5.02 Å². The van der Waals surface area contributed by atoms with Crippen LogP contribution in [-0.2, 0) is 10.5 Å². The van der Waals surface area contributed by atoms with Crippen molar-refractivity contribution in [2.75, 3.05) is 12.5 Å². The Labute approximate surface area is 149 Å². The molecular formula is C17H15ClN2O3S. The SMILES string of the molecule is O=C(CSCc1ccc(Cl)cc1)N/N=C/c1ccc2c(c1)OCO2. The van der Waals surface area contributed by atoms with Gasteiger partial charge in [0.2, 0.25) is 12.7 Å². The highest BCUT2D eigenvalue weighted by Crippen LogP contribution is 2.31. The molecule has 0 aromatic heterocycles. The Bertz CT molecular complexity index is 750. The fourth-order valence-electron chi connectivity index (χ4n) is 2.05. The first-order valence-corrected chi connectivity index (χ1v) is 8.78. The molecule has 0 spiro atoms. The largest absolute Gasteiger partial charge is 0.454 e. The summed E-state index contributed by atoms with van der Waals surface area (Å²) in [5, 5.41) is 4.66. The van der Waals surface area contributed by atoms with Crippen molar-refractivity contribution in [3.8, 4) is 11.5 Å². The highest BCUT2D eigenvalue weighted by molar-refractivity contribution is 7.99. The second-order valence-corrected chi connectivity index (χ2v) is 6.45. The number of nitrogens with one attached hydrogen (secondary N) is 1. The monoisotopic (exact) mass is 362 g/mol. The maximum Gasteiger partial charge on any atom is 0.250 e. The van der Waals surface area contributed by atoms with Crippen LogP contribution in [0.15, 0.2) is 47.6 Å². The van der Waals surface area contributed by atoms with Crippen molar-refractivity contribution in [1.29, 1.82) is 0 Å². The summed E-state index contributed by atoms with van der Waals surface area (Å²) in [5.74, 6) is 2.34. The molecule has 0 fully saturated rings. The third-order valence-corrected chi connectivity index (χ3v) is 4.47. The molecule has 1 amide bonds. The molecule has 0 bridgehead atoms. The first kappa shape index (κ1) is 16.7. The molecule has 0 aliphatic carbocycles. The fourth-order valence-corrected chi connectivity index (χ4v) is 2.95. The Morgan fingerprint density at radius 2 is 2.00 bits per heavy atom. The molecule has 5 nitrogen and oxygen atoms in total. The molecule has 7 heteroatoms. The minimum absolute atomic E-state index is 0.147. The standard InChI is InChI=1S/C17H15ClN2O3S/c18-14-4-1-12(2-5-14)9-24-10-17(21)20-19-8-13-3-6-15-16(7-13)23-11-22-15/h1-8H,9-11H2,(H,20,21)/b19-8+. The molecule has 124 valence electrons. The number of halogens is 1. The molecule has 1 aliphatic rings. The van der Waals surface area contributed by atoms with E-state index in [1.54, 1.807) is 6.21 Å². The molecule has 0 saturated heterocycles. The number of fused-ring (bicyclic) bond motifs is 1. The van der Waals surface area contributed by atoms with Crippen LogP contribution in [0.25, 0.3) is 0 Å². The van der Waals surface area contributed by atoms with Crippen molar-refractivity contribution in [3.63, 3.8) is 0 Å². The number of carbonyl (C=O) groups excluding carboxylic acids is 1. The third-order valence-electron chi connectivity index (χ3n) is 3.21. The first-order valence-electron chi connectivity index (χ1n) is 7.24. The number of benzene rings is 2. The van der Waals surface area contributed by atoms with Crippen molar-refractivity contribution in [2.24, 2.45) is 5.10 Å². The summed E-state index contributed by atoms with van der Waals surface area (Å²) in [7, 11) is 0. The van der Waals surface area contributed by atoms with Gasteiger partial charge in [-0.1, -0.05) is 23.7 Å². The van der Waals surface area contributed by atoms with Gasteiger partial charge in [0.05, 0.1) is 12.0 Å². The Kier molecular flexibility index (Phi) is 5.61. The van der Waals surface area contributed by atoms with Crippen LogP contribution in [0.5, 0.6) is 11.5 Å². The van der Waals surface area contributed by atoms with Crippen molar-refractivity contribution < 1.29 is 14.3 Å². The second kappa shape index (κ2) is 8.08. The summed E-state index contributed by atoms with van der Waals surface area (Å²) >= 11 is 7.35. The van der Waals surface area contributed by atoms with Crippen molar-refractivity contribution in [3.05, 3.63) is 58.6 Å². The lowest BCUT2D eigenvalue weighted by atomic mass is 10.2. The van der Waals surface area contributed by atoms with E-state index < -0.39 is 0 Å². The van der Waals surface area contributed by atoms with Crippen LogP contribution in [0.3, 0.4) is 0 Å². The van der Waals surface area contributed by atoms with Gasteiger partial charge >= 0.3 is 0 Å². The van der Waals surface area contributed by atoms with Gasteiger partial charge < -0.3 is 9.47 Å². The highest BCUT2D eigenvalue weighted by Gasteiger charge is 2.12. The van der Waals surface area contributed by atoms with Crippen LogP contribution in [0.4, 0.5) is 0 Å². The van der Waals surface area contributed by atoms with Crippen molar-refractivity contribution in [1.82, 2.24) is 5.43 Å².